The minimum absolute atomic E-state index is 0.210. The number of methoxy groups -OCH3 is 1. The van der Waals surface area contributed by atoms with Crippen molar-refractivity contribution in [3.8, 4) is 5.75 Å². The van der Waals surface area contributed by atoms with E-state index in [4.69, 9.17) is 4.74 Å². The van der Waals surface area contributed by atoms with E-state index in [1.807, 2.05) is 25.2 Å². The molecule has 0 atom stereocenters. The van der Waals surface area contributed by atoms with Gasteiger partial charge in [-0.2, -0.15) is 0 Å². The zero-order chi connectivity index (χ0) is 10.8. The molecular formula is C11H12N2O2. The molecule has 0 aliphatic rings. The average molecular weight is 204 g/mol. The molecule has 0 fully saturated rings. The molecule has 0 saturated heterocycles. The number of fused-ring (bicyclic) bond motifs is 1. The largest absolute Gasteiger partial charge is 0.491 e. The minimum atomic E-state index is -0.210. The molecular weight excluding hydrogens is 192 g/mol. The normalized spacial score (nSPS) is 10.3. The molecule has 1 aromatic heterocycles. The number of aromatic nitrogens is 1. The summed E-state index contributed by atoms with van der Waals surface area (Å²) in [6, 6.07) is 7.49. The van der Waals surface area contributed by atoms with Crippen molar-refractivity contribution in [1.82, 2.24) is 4.98 Å². The number of pyridine rings is 1. The first kappa shape index (κ1) is 9.58. The van der Waals surface area contributed by atoms with Crippen molar-refractivity contribution in [3.05, 3.63) is 34.6 Å². The summed E-state index contributed by atoms with van der Waals surface area (Å²) in [6.07, 6.45) is 0. The van der Waals surface area contributed by atoms with Crippen LogP contribution in [0.1, 0.15) is 0 Å². The van der Waals surface area contributed by atoms with Gasteiger partial charge in [-0.3, -0.25) is 4.79 Å². The van der Waals surface area contributed by atoms with Crippen LogP contribution in [0.5, 0.6) is 5.75 Å². The number of rotatable bonds is 2. The number of nitrogens with one attached hydrogen (secondary N) is 2. The van der Waals surface area contributed by atoms with Crippen LogP contribution >= 0.6 is 0 Å². The number of benzene rings is 1. The van der Waals surface area contributed by atoms with E-state index in [2.05, 4.69) is 10.3 Å². The maximum absolute atomic E-state index is 11.5. The lowest BCUT2D eigenvalue weighted by atomic mass is 10.2. The van der Waals surface area contributed by atoms with Gasteiger partial charge in [0.1, 0.15) is 0 Å². The molecule has 1 aromatic carbocycles. The van der Waals surface area contributed by atoms with Crippen LogP contribution in [0, 0.1) is 0 Å². The Morgan fingerprint density at radius 2 is 2.13 bits per heavy atom. The van der Waals surface area contributed by atoms with E-state index in [1.54, 1.807) is 6.07 Å². The van der Waals surface area contributed by atoms with E-state index in [-0.39, 0.29) is 5.56 Å². The van der Waals surface area contributed by atoms with Gasteiger partial charge in [-0.15, -0.1) is 0 Å². The van der Waals surface area contributed by atoms with Crippen LogP contribution in [0.3, 0.4) is 0 Å². The van der Waals surface area contributed by atoms with Crippen molar-refractivity contribution in [1.29, 1.82) is 0 Å². The molecule has 0 saturated carbocycles. The lowest BCUT2D eigenvalue weighted by molar-refractivity contribution is 0.409. The molecule has 0 amide bonds. The summed E-state index contributed by atoms with van der Waals surface area (Å²) >= 11 is 0. The quantitative estimate of drug-likeness (QED) is 0.780. The molecule has 0 bridgehead atoms. The van der Waals surface area contributed by atoms with Crippen LogP contribution < -0.4 is 15.6 Å². The Labute approximate surface area is 86.9 Å². The highest BCUT2D eigenvalue weighted by Gasteiger charge is 2.02. The number of ether oxygens (including phenoxy) is 1. The third-order valence-electron chi connectivity index (χ3n) is 2.32. The molecule has 0 aliphatic heterocycles. The van der Waals surface area contributed by atoms with Crippen molar-refractivity contribution in [3.63, 3.8) is 0 Å². The van der Waals surface area contributed by atoms with Gasteiger partial charge in [0.25, 0.3) is 5.56 Å². The Morgan fingerprint density at radius 1 is 1.33 bits per heavy atom. The Morgan fingerprint density at radius 3 is 2.80 bits per heavy atom. The Bertz CT molecular complexity index is 546. The maximum atomic E-state index is 11.5. The summed E-state index contributed by atoms with van der Waals surface area (Å²) in [5.41, 5.74) is 1.55. The molecule has 2 N–H and O–H groups in total. The van der Waals surface area contributed by atoms with Gasteiger partial charge in [0.15, 0.2) is 5.75 Å². The topological polar surface area (TPSA) is 54.1 Å². The molecule has 78 valence electrons. The van der Waals surface area contributed by atoms with Crippen molar-refractivity contribution in [2.45, 2.75) is 0 Å². The van der Waals surface area contributed by atoms with Gasteiger partial charge in [0, 0.05) is 18.1 Å². The van der Waals surface area contributed by atoms with Crippen LogP contribution in [0.4, 0.5) is 5.69 Å². The van der Waals surface area contributed by atoms with Gasteiger partial charge < -0.3 is 15.0 Å². The van der Waals surface area contributed by atoms with Gasteiger partial charge >= 0.3 is 0 Å². The summed E-state index contributed by atoms with van der Waals surface area (Å²) < 4.78 is 4.95. The zero-order valence-corrected chi connectivity index (χ0v) is 8.63. The third-order valence-corrected chi connectivity index (χ3v) is 2.32. The Hall–Kier alpha value is -1.97. The van der Waals surface area contributed by atoms with Crippen LogP contribution in [-0.2, 0) is 0 Å². The van der Waals surface area contributed by atoms with E-state index < -0.39 is 0 Å². The third kappa shape index (κ3) is 1.66. The van der Waals surface area contributed by atoms with Crippen LogP contribution in [0.15, 0.2) is 29.1 Å². The number of anilines is 1. The van der Waals surface area contributed by atoms with Gasteiger partial charge in [0.2, 0.25) is 0 Å². The number of hydrogen-bond acceptors (Lipinski definition) is 3. The number of aromatic amines is 1. The van der Waals surface area contributed by atoms with Crippen molar-refractivity contribution < 1.29 is 4.74 Å². The molecule has 4 heteroatoms. The standard InChI is InChI=1S/C11H12N2O2/c1-12-8-4-3-7-5-10(15-2)11(14)13-9(7)6-8/h3-6,12H,1-2H3,(H,13,14). The van der Waals surface area contributed by atoms with Crippen LogP contribution in [0.2, 0.25) is 0 Å². The number of hydrogen-bond donors (Lipinski definition) is 2. The first-order chi connectivity index (χ1) is 7.24. The highest BCUT2D eigenvalue weighted by Crippen LogP contribution is 2.18. The van der Waals surface area contributed by atoms with Gasteiger partial charge in [-0.05, 0) is 18.2 Å². The molecule has 0 aliphatic carbocycles. The fourth-order valence-corrected chi connectivity index (χ4v) is 1.49. The maximum Gasteiger partial charge on any atom is 0.290 e. The molecule has 2 aromatic rings. The zero-order valence-electron chi connectivity index (χ0n) is 8.63. The van der Waals surface area contributed by atoms with Crippen molar-refractivity contribution >= 4 is 16.6 Å². The Kier molecular flexibility index (Phi) is 2.33. The second-order valence-electron chi connectivity index (χ2n) is 3.22. The van der Waals surface area contributed by atoms with E-state index in [0.29, 0.717) is 5.75 Å². The van der Waals surface area contributed by atoms with E-state index in [1.165, 1.54) is 7.11 Å². The van der Waals surface area contributed by atoms with Crippen LogP contribution in [-0.4, -0.2) is 19.1 Å². The van der Waals surface area contributed by atoms with E-state index in [0.717, 1.165) is 16.6 Å². The molecule has 0 unspecified atom stereocenters. The Balaban J connectivity index is 2.70. The van der Waals surface area contributed by atoms with Crippen molar-refractivity contribution in [2.75, 3.05) is 19.5 Å². The van der Waals surface area contributed by atoms with Gasteiger partial charge in [0.05, 0.1) is 12.6 Å². The monoisotopic (exact) mass is 204 g/mol. The SMILES string of the molecule is CNc1ccc2cc(OC)c(=O)[nH]c2c1. The molecule has 4 nitrogen and oxygen atoms in total. The van der Waals surface area contributed by atoms with Crippen LogP contribution in [0.25, 0.3) is 10.9 Å². The fourth-order valence-electron chi connectivity index (χ4n) is 1.49. The summed E-state index contributed by atoms with van der Waals surface area (Å²) in [5.74, 6) is 0.333. The summed E-state index contributed by atoms with van der Waals surface area (Å²) in [6.45, 7) is 0. The van der Waals surface area contributed by atoms with Gasteiger partial charge in [-0.25, -0.2) is 0 Å². The second-order valence-corrected chi connectivity index (χ2v) is 3.22. The smallest absolute Gasteiger partial charge is 0.290 e. The molecule has 15 heavy (non-hydrogen) atoms. The molecule has 0 radical (unpaired) electrons. The molecule has 0 spiro atoms. The summed E-state index contributed by atoms with van der Waals surface area (Å²) in [4.78, 5) is 14.2. The molecule has 1 heterocycles. The summed E-state index contributed by atoms with van der Waals surface area (Å²) in [7, 11) is 3.32. The highest BCUT2D eigenvalue weighted by molar-refractivity contribution is 5.83. The predicted octanol–water partition coefficient (Wildman–Crippen LogP) is 1.58. The molecule has 2 rings (SSSR count). The lowest BCUT2D eigenvalue weighted by Gasteiger charge is -2.04. The average Bonchev–Trinajstić information content (AvgIpc) is 2.27. The van der Waals surface area contributed by atoms with Crippen molar-refractivity contribution in [2.24, 2.45) is 0 Å². The summed E-state index contributed by atoms with van der Waals surface area (Å²) in [5, 5.41) is 3.96. The van der Waals surface area contributed by atoms with E-state index >= 15 is 0 Å². The fraction of sp³-hybridized carbons (Fsp3) is 0.182. The first-order valence-electron chi connectivity index (χ1n) is 4.63. The highest BCUT2D eigenvalue weighted by atomic mass is 16.5. The lowest BCUT2D eigenvalue weighted by Crippen LogP contribution is -2.08. The van der Waals surface area contributed by atoms with E-state index in [9.17, 15) is 4.79 Å². The minimum Gasteiger partial charge on any atom is -0.491 e. The van der Waals surface area contributed by atoms with Gasteiger partial charge in [-0.1, -0.05) is 6.07 Å². The predicted molar refractivity (Wildman–Crippen MR) is 60.7 cm³/mol. The second kappa shape index (κ2) is 3.65. The number of H-pyrrole nitrogens is 1. The first-order valence-corrected chi connectivity index (χ1v) is 4.63.